The van der Waals surface area contributed by atoms with Crippen molar-refractivity contribution in [3.05, 3.63) is 107 Å². The predicted octanol–water partition coefficient (Wildman–Crippen LogP) is 5.82. The number of alkyl halides is 3. The van der Waals surface area contributed by atoms with Crippen molar-refractivity contribution in [3.8, 4) is 0 Å². The van der Waals surface area contributed by atoms with Crippen molar-refractivity contribution in [2.75, 3.05) is 6.54 Å². The summed E-state index contributed by atoms with van der Waals surface area (Å²) in [5.74, 6) is -1.52. The summed E-state index contributed by atoms with van der Waals surface area (Å²) in [5.41, 5.74) is 0.815. The highest BCUT2D eigenvalue weighted by Crippen LogP contribution is 2.29. The number of halogens is 5. The van der Waals surface area contributed by atoms with Crippen LogP contribution in [0.25, 0.3) is 0 Å². The second-order valence-corrected chi connectivity index (χ2v) is 7.87. The molecule has 1 atom stereocenters. The van der Waals surface area contributed by atoms with Crippen LogP contribution < -0.4 is 0 Å². The van der Waals surface area contributed by atoms with Gasteiger partial charge in [0.05, 0.1) is 17.8 Å². The smallest absolute Gasteiger partial charge is 0.390 e. The molecule has 0 saturated carbocycles. The molecular weight excluding hydrogens is 455 g/mol. The Morgan fingerprint density at radius 3 is 2.29 bits per heavy atom. The Morgan fingerprint density at radius 1 is 0.971 bits per heavy atom. The predicted molar refractivity (Wildman–Crippen MR) is 115 cm³/mol. The Bertz CT molecular complexity index is 1210. The zero-order valence-electron chi connectivity index (χ0n) is 17.7. The third-order valence-electron chi connectivity index (χ3n) is 5.33. The van der Waals surface area contributed by atoms with Gasteiger partial charge in [0.15, 0.2) is 6.10 Å². The van der Waals surface area contributed by atoms with Crippen molar-refractivity contribution in [2.45, 2.75) is 25.2 Å². The molecule has 9 heteroatoms. The summed E-state index contributed by atoms with van der Waals surface area (Å²) in [5, 5.41) is 4.00. The maximum atomic E-state index is 13.7. The van der Waals surface area contributed by atoms with Gasteiger partial charge in [0.1, 0.15) is 11.6 Å². The molecule has 0 N–H and O–H groups in total. The van der Waals surface area contributed by atoms with Crippen LogP contribution in [-0.2, 0) is 17.6 Å². The lowest BCUT2D eigenvalue weighted by atomic mass is 10.0. The van der Waals surface area contributed by atoms with Gasteiger partial charge >= 0.3 is 6.18 Å². The van der Waals surface area contributed by atoms with Gasteiger partial charge in [0.25, 0.3) is 5.91 Å². The van der Waals surface area contributed by atoms with Crippen LogP contribution in [0.4, 0.5) is 22.0 Å². The highest BCUT2D eigenvalue weighted by molar-refractivity contribution is 6.01. The molecule has 0 aromatic heterocycles. The molecule has 3 aromatic rings. The molecule has 1 aliphatic heterocycles. The molecule has 0 saturated heterocycles. The van der Waals surface area contributed by atoms with Gasteiger partial charge in [-0.05, 0) is 48.0 Å². The Balaban J connectivity index is 1.53. The van der Waals surface area contributed by atoms with E-state index in [-0.39, 0.29) is 18.7 Å². The van der Waals surface area contributed by atoms with Crippen molar-refractivity contribution in [2.24, 2.45) is 5.16 Å². The molecule has 0 radical (unpaired) electrons. The van der Waals surface area contributed by atoms with Crippen LogP contribution in [0.15, 0.2) is 78.0 Å². The zero-order valence-corrected chi connectivity index (χ0v) is 17.7. The summed E-state index contributed by atoms with van der Waals surface area (Å²) in [6.45, 7) is 0.0152. The molecule has 1 heterocycles. The van der Waals surface area contributed by atoms with Crippen LogP contribution in [0.5, 0.6) is 0 Å². The van der Waals surface area contributed by atoms with Crippen LogP contribution in [0.3, 0.4) is 0 Å². The Labute approximate surface area is 192 Å². The lowest BCUT2D eigenvalue weighted by molar-refractivity contribution is -0.137. The summed E-state index contributed by atoms with van der Waals surface area (Å²) in [4.78, 5) is 20.0. The monoisotopic (exact) mass is 474 g/mol. The van der Waals surface area contributed by atoms with Crippen LogP contribution in [0.1, 0.15) is 33.5 Å². The number of rotatable bonds is 6. The van der Waals surface area contributed by atoms with Crippen LogP contribution in [-0.4, -0.2) is 29.2 Å². The lowest BCUT2D eigenvalue weighted by Gasteiger charge is -2.25. The number of hydrogen-bond acceptors (Lipinski definition) is 3. The summed E-state index contributed by atoms with van der Waals surface area (Å²) < 4.78 is 65.9. The van der Waals surface area contributed by atoms with E-state index < -0.39 is 35.4 Å². The third kappa shape index (κ3) is 5.59. The van der Waals surface area contributed by atoms with Crippen molar-refractivity contribution in [1.82, 2.24) is 4.90 Å². The van der Waals surface area contributed by atoms with Crippen molar-refractivity contribution >= 4 is 11.6 Å². The molecule has 176 valence electrons. The van der Waals surface area contributed by atoms with E-state index in [4.69, 9.17) is 4.84 Å². The molecule has 3 aromatic carbocycles. The number of oxime groups is 1. The molecule has 1 amide bonds. The van der Waals surface area contributed by atoms with Gasteiger partial charge in [-0.25, -0.2) is 8.78 Å². The molecule has 0 aliphatic carbocycles. The van der Waals surface area contributed by atoms with Gasteiger partial charge in [0.2, 0.25) is 0 Å². The maximum absolute atomic E-state index is 13.7. The first-order chi connectivity index (χ1) is 16.2. The quantitative estimate of drug-likeness (QED) is 0.423. The Morgan fingerprint density at radius 2 is 1.65 bits per heavy atom. The summed E-state index contributed by atoms with van der Waals surface area (Å²) >= 11 is 0. The van der Waals surface area contributed by atoms with Gasteiger partial charge in [-0.2, -0.15) is 13.2 Å². The molecule has 0 unspecified atom stereocenters. The average Bonchev–Trinajstić information content (AvgIpc) is 3.26. The molecule has 1 aliphatic rings. The highest BCUT2D eigenvalue weighted by Gasteiger charge is 2.31. The van der Waals surface area contributed by atoms with Crippen LogP contribution >= 0.6 is 0 Å². The largest absolute Gasteiger partial charge is 0.416 e. The van der Waals surface area contributed by atoms with E-state index in [0.717, 1.165) is 18.2 Å². The minimum Gasteiger partial charge on any atom is -0.390 e. The first kappa shape index (κ1) is 23.4. The molecule has 0 bridgehead atoms. The molecule has 0 fully saturated rings. The fourth-order valence-electron chi connectivity index (χ4n) is 3.65. The Kier molecular flexibility index (Phi) is 6.63. The van der Waals surface area contributed by atoms with Crippen LogP contribution in [0, 0.1) is 11.6 Å². The van der Waals surface area contributed by atoms with E-state index in [2.05, 4.69) is 5.16 Å². The number of nitrogens with zero attached hydrogens (tertiary/aromatic N) is 2. The fourth-order valence-corrected chi connectivity index (χ4v) is 3.65. The third-order valence-corrected chi connectivity index (χ3v) is 5.33. The second kappa shape index (κ2) is 9.62. The van der Waals surface area contributed by atoms with E-state index >= 15 is 0 Å². The Hall–Kier alpha value is -3.75. The highest BCUT2D eigenvalue weighted by atomic mass is 19.4. The first-order valence-electron chi connectivity index (χ1n) is 10.4. The van der Waals surface area contributed by atoms with Crippen molar-refractivity contribution in [3.63, 3.8) is 0 Å². The molecule has 0 spiro atoms. The topological polar surface area (TPSA) is 41.9 Å². The van der Waals surface area contributed by atoms with Gasteiger partial charge < -0.3 is 9.74 Å². The second-order valence-electron chi connectivity index (χ2n) is 7.87. The first-order valence-corrected chi connectivity index (χ1v) is 10.4. The normalized spacial score (nSPS) is 15.6. The lowest BCUT2D eigenvalue weighted by Crippen LogP contribution is -2.37. The van der Waals surface area contributed by atoms with E-state index in [1.165, 1.54) is 47.4 Å². The number of carbonyl (C=O) groups is 1. The molecule has 4 nitrogen and oxygen atoms in total. The van der Waals surface area contributed by atoms with Gasteiger partial charge in [-0.15, -0.1) is 0 Å². The molecule has 34 heavy (non-hydrogen) atoms. The minimum atomic E-state index is -4.47. The summed E-state index contributed by atoms with van der Waals surface area (Å²) in [6, 6.07) is 15.5. The number of hydrogen-bond donors (Lipinski definition) is 0. The van der Waals surface area contributed by atoms with E-state index in [1.807, 2.05) is 0 Å². The SMILES string of the molecule is O=C(c1cccc(F)c1)N(Cc1ccc(C(F)(F)F)cc1)C[C@@H]1CC(c2cccc(F)c2)=NO1. The zero-order chi connectivity index (χ0) is 24.3. The van der Waals surface area contributed by atoms with E-state index in [9.17, 15) is 26.7 Å². The number of carbonyl (C=O) groups excluding carboxylic acids is 1. The van der Waals surface area contributed by atoms with Crippen molar-refractivity contribution < 1.29 is 31.6 Å². The average molecular weight is 474 g/mol. The number of amides is 1. The van der Waals surface area contributed by atoms with Crippen molar-refractivity contribution in [1.29, 1.82) is 0 Å². The maximum Gasteiger partial charge on any atom is 0.416 e. The molecular formula is C25H19F5N2O2. The standard InChI is InChI=1S/C25H19F5N2O2/c26-20-5-1-3-17(11-20)23-13-22(34-31-23)15-32(24(33)18-4-2-6-21(27)12-18)14-16-7-9-19(10-8-16)25(28,29)30/h1-12,22H,13-15H2/t22-/m0/s1. The van der Waals surface area contributed by atoms with E-state index in [1.54, 1.807) is 12.1 Å². The van der Waals surface area contributed by atoms with Gasteiger partial charge in [0, 0.05) is 24.1 Å². The van der Waals surface area contributed by atoms with Crippen LogP contribution in [0.2, 0.25) is 0 Å². The fraction of sp³-hybridized carbons (Fsp3) is 0.200. The molecule has 4 rings (SSSR count). The van der Waals surface area contributed by atoms with Gasteiger partial charge in [-0.1, -0.05) is 35.5 Å². The number of benzene rings is 3. The summed E-state index contributed by atoms with van der Waals surface area (Å²) in [6.07, 6.45) is -4.74. The van der Waals surface area contributed by atoms with E-state index in [0.29, 0.717) is 23.3 Å². The summed E-state index contributed by atoms with van der Waals surface area (Å²) in [7, 11) is 0. The minimum absolute atomic E-state index is 0.0252. The van der Waals surface area contributed by atoms with Gasteiger partial charge in [-0.3, -0.25) is 4.79 Å².